The lowest BCUT2D eigenvalue weighted by Gasteiger charge is -2.22. The van der Waals surface area contributed by atoms with E-state index in [1.54, 1.807) is 4.90 Å². The molecule has 170 valence electrons. The van der Waals surface area contributed by atoms with Crippen LogP contribution in [0, 0.1) is 0 Å². The van der Waals surface area contributed by atoms with Gasteiger partial charge in [-0.1, -0.05) is 43.2 Å². The zero-order valence-electron chi connectivity index (χ0n) is 18.9. The van der Waals surface area contributed by atoms with Crippen molar-refractivity contribution >= 4 is 11.9 Å². The van der Waals surface area contributed by atoms with Crippen molar-refractivity contribution < 1.29 is 19.1 Å². The number of likely N-dealkylation sites (tertiary alicyclic amines) is 1. The Bertz CT molecular complexity index is 889. The van der Waals surface area contributed by atoms with E-state index in [0.29, 0.717) is 18.5 Å². The highest BCUT2D eigenvalue weighted by atomic mass is 16.5. The lowest BCUT2D eigenvalue weighted by Crippen LogP contribution is -2.41. The standard InChI is InChI=1S/C27H33NO4/c1-3-4-5-6-7-8-20-32-24-17-15-22(16-18-24)21-11-13-23(14-12-21)26(29)28-19-9-10-25(28)27(30)31-2/h3,11-18,25H,1,4-10,19-20H2,2H3. The second-order valence-corrected chi connectivity index (χ2v) is 8.12. The number of rotatable bonds is 11. The monoisotopic (exact) mass is 435 g/mol. The summed E-state index contributed by atoms with van der Waals surface area (Å²) in [7, 11) is 1.36. The molecule has 0 N–H and O–H groups in total. The molecule has 1 aliphatic rings. The highest BCUT2D eigenvalue weighted by Gasteiger charge is 2.35. The summed E-state index contributed by atoms with van der Waals surface area (Å²) in [5.41, 5.74) is 2.67. The number of nitrogens with zero attached hydrogens (tertiary/aromatic N) is 1. The number of amides is 1. The lowest BCUT2D eigenvalue weighted by atomic mass is 10.0. The molecule has 1 atom stereocenters. The maximum Gasteiger partial charge on any atom is 0.328 e. The first-order valence-electron chi connectivity index (χ1n) is 11.5. The van der Waals surface area contributed by atoms with Crippen molar-refractivity contribution in [2.45, 2.75) is 51.0 Å². The van der Waals surface area contributed by atoms with Gasteiger partial charge >= 0.3 is 5.97 Å². The van der Waals surface area contributed by atoms with Crippen LogP contribution >= 0.6 is 0 Å². The van der Waals surface area contributed by atoms with Gasteiger partial charge in [0.05, 0.1) is 13.7 Å². The van der Waals surface area contributed by atoms with Crippen LogP contribution in [0.15, 0.2) is 61.2 Å². The van der Waals surface area contributed by atoms with Gasteiger partial charge in [0.25, 0.3) is 5.91 Å². The normalized spacial score (nSPS) is 15.4. The molecule has 0 saturated carbocycles. The van der Waals surface area contributed by atoms with Crippen molar-refractivity contribution in [2.75, 3.05) is 20.3 Å². The molecule has 32 heavy (non-hydrogen) atoms. The van der Waals surface area contributed by atoms with E-state index in [1.165, 1.54) is 26.4 Å². The molecule has 0 spiro atoms. The number of methoxy groups -OCH3 is 1. The zero-order valence-corrected chi connectivity index (χ0v) is 18.9. The smallest absolute Gasteiger partial charge is 0.328 e. The van der Waals surface area contributed by atoms with Crippen LogP contribution in [0.3, 0.4) is 0 Å². The third-order valence-corrected chi connectivity index (χ3v) is 5.88. The summed E-state index contributed by atoms with van der Waals surface area (Å²) in [4.78, 5) is 26.4. The Balaban J connectivity index is 1.53. The van der Waals surface area contributed by atoms with Crippen molar-refractivity contribution in [3.63, 3.8) is 0 Å². The van der Waals surface area contributed by atoms with Gasteiger partial charge < -0.3 is 14.4 Å². The maximum absolute atomic E-state index is 12.9. The first-order valence-corrected chi connectivity index (χ1v) is 11.5. The fraction of sp³-hybridized carbons (Fsp3) is 0.407. The van der Waals surface area contributed by atoms with Crippen molar-refractivity contribution in [2.24, 2.45) is 0 Å². The summed E-state index contributed by atoms with van der Waals surface area (Å²) in [6.45, 7) is 5.06. The Hall–Kier alpha value is -3.08. The summed E-state index contributed by atoms with van der Waals surface area (Å²) in [6, 6.07) is 15.1. The van der Waals surface area contributed by atoms with Gasteiger partial charge in [0.15, 0.2) is 0 Å². The fourth-order valence-corrected chi connectivity index (χ4v) is 4.04. The minimum absolute atomic E-state index is 0.127. The number of hydrogen-bond donors (Lipinski definition) is 0. The molecule has 2 aromatic rings. The van der Waals surface area contributed by atoms with Crippen LogP contribution in [0.2, 0.25) is 0 Å². The van der Waals surface area contributed by atoms with Crippen LogP contribution in [-0.2, 0) is 9.53 Å². The maximum atomic E-state index is 12.9. The minimum atomic E-state index is -0.480. The molecule has 0 bridgehead atoms. The summed E-state index contributed by atoms with van der Waals surface area (Å²) in [6.07, 6.45) is 9.17. The fourth-order valence-electron chi connectivity index (χ4n) is 4.04. The van der Waals surface area contributed by atoms with Gasteiger partial charge in [0.2, 0.25) is 0 Å². The van der Waals surface area contributed by atoms with E-state index in [4.69, 9.17) is 9.47 Å². The third-order valence-electron chi connectivity index (χ3n) is 5.88. The van der Waals surface area contributed by atoms with Crippen LogP contribution < -0.4 is 4.74 Å². The average Bonchev–Trinajstić information content (AvgIpc) is 3.33. The molecule has 3 rings (SSSR count). The van der Waals surface area contributed by atoms with Crippen LogP contribution in [0.1, 0.15) is 55.3 Å². The molecule has 5 nitrogen and oxygen atoms in total. The molecule has 0 aliphatic carbocycles. The van der Waals surface area contributed by atoms with E-state index in [2.05, 4.69) is 6.58 Å². The van der Waals surface area contributed by atoms with Crippen LogP contribution in [0.5, 0.6) is 5.75 Å². The van der Waals surface area contributed by atoms with Gasteiger partial charge in [-0.2, -0.15) is 0 Å². The number of carbonyl (C=O) groups excluding carboxylic acids is 2. The molecular formula is C27H33NO4. The second-order valence-electron chi connectivity index (χ2n) is 8.12. The number of benzene rings is 2. The molecule has 1 fully saturated rings. The highest BCUT2D eigenvalue weighted by molar-refractivity contribution is 5.97. The number of carbonyl (C=O) groups is 2. The molecule has 5 heteroatoms. The van der Waals surface area contributed by atoms with Gasteiger partial charge in [-0.25, -0.2) is 4.79 Å². The number of unbranched alkanes of at least 4 members (excludes halogenated alkanes) is 4. The predicted octanol–water partition coefficient (Wildman–Crippen LogP) is 5.65. The van der Waals surface area contributed by atoms with Crippen LogP contribution in [0.25, 0.3) is 11.1 Å². The van der Waals surface area contributed by atoms with E-state index in [-0.39, 0.29) is 11.9 Å². The first kappa shape index (κ1) is 23.6. The molecule has 1 amide bonds. The van der Waals surface area contributed by atoms with Crippen LogP contribution in [-0.4, -0.2) is 43.1 Å². The quantitative estimate of drug-likeness (QED) is 0.260. The Kier molecular flexibility index (Phi) is 8.90. The number of hydrogen-bond acceptors (Lipinski definition) is 4. The second kappa shape index (κ2) is 12.1. The third kappa shape index (κ3) is 6.22. The predicted molar refractivity (Wildman–Crippen MR) is 127 cm³/mol. The Morgan fingerprint density at radius 1 is 1.00 bits per heavy atom. The highest BCUT2D eigenvalue weighted by Crippen LogP contribution is 2.25. The number of ether oxygens (including phenoxy) is 2. The van der Waals surface area contributed by atoms with Gasteiger partial charge in [-0.3, -0.25) is 4.79 Å². The van der Waals surface area contributed by atoms with Crippen molar-refractivity contribution in [1.29, 1.82) is 0 Å². The summed E-state index contributed by atoms with van der Waals surface area (Å²) in [5.74, 6) is 0.398. The molecule has 0 aromatic heterocycles. The SMILES string of the molecule is C=CCCCCCCOc1ccc(-c2ccc(C(=O)N3CCCC3C(=O)OC)cc2)cc1. The van der Waals surface area contributed by atoms with E-state index < -0.39 is 6.04 Å². The molecule has 1 aliphatic heterocycles. The molecule has 2 aromatic carbocycles. The molecular weight excluding hydrogens is 402 g/mol. The lowest BCUT2D eigenvalue weighted by molar-refractivity contribution is -0.145. The van der Waals surface area contributed by atoms with Gasteiger partial charge in [0.1, 0.15) is 11.8 Å². The van der Waals surface area contributed by atoms with E-state index in [0.717, 1.165) is 42.7 Å². The number of allylic oxidation sites excluding steroid dienone is 1. The average molecular weight is 436 g/mol. The van der Waals surface area contributed by atoms with Gasteiger partial charge in [0, 0.05) is 12.1 Å². The van der Waals surface area contributed by atoms with Gasteiger partial charge in [-0.05, 0) is 67.5 Å². The minimum Gasteiger partial charge on any atom is -0.494 e. The molecule has 1 heterocycles. The Morgan fingerprint density at radius 2 is 1.66 bits per heavy atom. The molecule has 1 unspecified atom stereocenters. The summed E-state index contributed by atoms with van der Waals surface area (Å²) < 4.78 is 10.7. The van der Waals surface area contributed by atoms with Crippen molar-refractivity contribution in [3.05, 3.63) is 66.7 Å². The Labute approximate surface area is 191 Å². The van der Waals surface area contributed by atoms with Crippen molar-refractivity contribution in [3.8, 4) is 16.9 Å². The number of esters is 1. The summed E-state index contributed by atoms with van der Waals surface area (Å²) in [5, 5.41) is 0. The van der Waals surface area contributed by atoms with E-state index in [9.17, 15) is 9.59 Å². The largest absolute Gasteiger partial charge is 0.494 e. The molecule has 1 saturated heterocycles. The van der Waals surface area contributed by atoms with Crippen molar-refractivity contribution in [1.82, 2.24) is 4.90 Å². The topological polar surface area (TPSA) is 55.8 Å². The summed E-state index contributed by atoms with van der Waals surface area (Å²) >= 11 is 0. The van der Waals surface area contributed by atoms with E-state index in [1.807, 2.05) is 54.6 Å². The van der Waals surface area contributed by atoms with Gasteiger partial charge in [-0.15, -0.1) is 6.58 Å². The molecule has 0 radical (unpaired) electrons. The first-order chi connectivity index (χ1) is 15.6. The Morgan fingerprint density at radius 3 is 2.31 bits per heavy atom. The van der Waals surface area contributed by atoms with Crippen LogP contribution in [0.4, 0.5) is 0 Å². The zero-order chi connectivity index (χ0) is 22.8. The van der Waals surface area contributed by atoms with E-state index >= 15 is 0 Å².